The molecule has 2 atom stereocenters. The second kappa shape index (κ2) is 6.11. The first kappa shape index (κ1) is 12.5. The fraction of sp³-hybridized carbons (Fsp3) is 0.917. The minimum absolute atomic E-state index is 0.0773. The molecule has 0 aromatic heterocycles. The Labute approximate surface area is 91.5 Å². The number of carboxylic acid groups (broad SMARTS) is 1. The predicted octanol–water partition coefficient (Wildman–Crippen LogP) is 2.43. The van der Waals surface area contributed by atoms with Gasteiger partial charge in [0.2, 0.25) is 0 Å². The van der Waals surface area contributed by atoms with E-state index in [1.807, 2.05) is 6.92 Å². The number of aliphatic carboxylic acids is 1. The zero-order chi connectivity index (χ0) is 11.3. The SMILES string of the molecule is CC(CC(=O)O)C(O)CC1CCCCC1. The number of aliphatic hydroxyl groups excluding tert-OH is 1. The quantitative estimate of drug-likeness (QED) is 0.739. The van der Waals surface area contributed by atoms with Gasteiger partial charge in [0.1, 0.15) is 0 Å². The van der Waals surface area contributed by atoms with Crippen molar-refractivity contribution < 1.29 is 15.0 Å². The molecule has 1 aliphatic rings. The highest BCUT2D eigenvalue weighted by Gasteiger charge is 2.22. The number of hydrogen-bond donors (Lipinski definition) is 2. The van der Waals surface area contributed by atoms with Crippen LogP contribution in [0.25, 0.3) is 0 Å². The van der Waals surface area contributed by atoms with Gasteiger partial charge in [-0.25, -0.2) is 0 Å². The molecule has 1 aliphatic carbocycles. The van der Waals surface area contributed by atoms with Gasteiger partial charge in [0.25, 0.3) is 0 Å². The molecule has 0 radical (unpaired) electrons. The summed E-state index contributed by atoms with van der Waals surface area (Å²) >= 11 is 0. The lowest BCUT2D eigenvalue weighted by Crippen LogP contribution is -2.24. The second-order valence-electron chi connectivity index (χ2n) is 4.88. The van der Waals surface area contributed by atoms with Crippen molar-refractivity contribution in [2.75, 3.05) is 0 Å². The highest BCUT2D eigenvalue weighted by molar-refractivity contribution is 5.67. The molecule has 88 valence electrons. The van der Waals surface area contributed by atoms with Crippen LogP contribution >= 0.6 is 0 Å². The predicted molar refractivity (Wildman–Crippen MR) is 58.6 cm³/mol. The zero-order valence-electron chi connectivity index (χ0n) is 9.48. The van der Waals surface area contributed by atoms with E-state index in [-0.39, 0.29) is 12.3 Å². The van der Waals surface area contributed by atoms with E-state index >= 15 is 0 Å². The molecule has 1 saturated carbocycles. The molecule has 3 nitrogen and oxygen atoms in total. The van der Waals surface area contributed by atoms with Gasteiger partial charge in [0.15, 0.2) is 0 Å². The van der Waals surface area contributed by atoms with Crippen LogP contribution in [0.2, 0.25) is 0 Å². The topological polar surface area (TPSA) is 57.5 Å². The minimum atomic E-state index is -0.815. The third-order valence-corrected chi connectivity index (χ3v) is 3.45. The summed E-state index contributed by atoms with van der Waals surface area (Å²) in [6.07, 6.45) is 6.69. The monoisotopic (exact) mass is 214 g/mol. The molecule has 0 saturated heterocycles. The highest BCUT2D eigenvalue weighted by atomic mass is 16.4. The molecule has 0 aliphatic heterocycles. The Balaban J connectivity index is 2.26. The van der Waals surface area contributed by atoms with Crippen LogP contribution in [0.3, 0.4) is 0 Å². The minimum Gasteiger partial charge on any atom is -0.481 e. The maximum atomic E-state index is 10.5. The van der Waals surface area contributed by atoms with Crippen LogP contribution in [-0.2, 0) is 4.79 Å². The van der Waals surface area contributed by atoms with Crippen LogP contribution in [-0.4, -0.2) is 22.3 Å². The maximum absolute atomic E-state index is 10.5. The fourth-order valence-corrected chi connectivity index (χ4v) is 2.41. The lowest BCUT2D eigenvalue weighted by Gasteiger charge is -2.26. The molecule has 1 rings (SSSR count). The second-order valence-corrected chi connectivity index (χ2v) is 4.88. The van der Waals surface area contributed by atoms with Crippen molar-refractivity contribution in [3.8, 4) is 0 Å². The lowest BCUT2D eigenvalue weighted by atomic mass is 9.82. The number of rotatable bonds is 5. The Kier molecular flexibility index (Phi) is 5.09. The summed E-state index contributed by atoms with van der Waals surface area (Å²) in [5.41, 5.74) is 0. The smallest absolute Gasteiger partial charge is 0.303 e. The third-order valence-electron chi connectivity index (χ3n) is 3.45. The molecular weight excluding hydrogens is 192 g/mol. The van der Waals surface area contributed by atoms with Crippen molar-refractivity contribution in [1.29, 1.82) is 0 Å². The Hall–Kier alpha value is -0.570. The van der Waals surface area contributed by atoms with E-state index in [1.54, 1.807) is 0 Å². The molecule has 0 amide bonds. The maximum Gasteiger partial charge on any atom is 0.303 e. The van der Waals surface area contributed by atoms with Gasteiger partial charge in [0.05, 0.1) is 12.5 Å². The van der Waals surface area contributed by atoms with Crippen molar-refractivity contribution in [3.05, 3.63) is 0 Å². The normalized spacial score (nSPS) is 22.3. The standard InChI is InChI=1S/C12H22O3/c1-9(7-12(14)15)11(13)8-10-5-3-2-4-6-10/h9-11,13H,2-8H2,1H3,(H,14,15). The van der Waals surface area contributed by atoms with Gasteiger partial charge in [-0.15, -0.1) is 0 Å². The van der Waals surface area contributed by atoms with Gasteiger partial charge in [-0.1, -0.05) is 39.0 Å². The molecule has 0 aromatic rings. The van der Waals surface area contributed by atoms with Crippen LogP contribution < -0.4 is 0 Å². The van der Waals surface area contributed by atoms with Crippen LogP contribution in [0.5, 0.6) is 0 Å². The summed E-state index contributed by atoms with van der Waals surface area (Å²) < 4.78 is 0. The van der Waals surface area contributed by atoms with Crippen molar-refractivity contribution in [2.45, 2.75) is 58.0 Å². The molecule has 2 unspecified atom stereocenters. The van der Waals surface area contributed by atoms with E-state index in [0.717, 1.165) is 6.42 Å². The van der Waals surface area contributed by atoms with Gasteiger partial charge in [-0.2, -0.15) is 0 Å². The summed E-state index contributed by atoms with van der Waals surface area (Å²) in [7, 11) is 0. The average Bonchev–Trinajstić information content (AvgIpc) is 2.18. The van der Waals surface area contributed by atoms with Crippen LogP contribution in [0.15, 0.2) is 0 Å². The first-order valence-electron chi connectivity index (χ1n) is 5.99. The zero-order valence-corrected chi connectivity index (χ0v) is 9.48. The van der Waals surface area contributed by atoms with Crippen LogP contribution in [0.1, 0.15) is 51.9 Å². The molecular formula is C12H22O3. The molecule has 1 fully saturated rings. The first-order chi connectivity index (χ1) is 7.09. The number of carboxylic acids is 1. The van der Waals surface area contributed by atoms with Crippen molar-refractivity contribution >= 4 is 5.97 Å². The summed E-state index contributed by atoms with van der Waals surface area (Å²) in [6, 6.07) is 0. The molecule has 0 bridgehead atoms. The highest BCUT2D eigenvalue weighted by Crippen LogP contribution is 2.29. The van der Waals surface area contributed by atoms with E-state index < -0.39 is 12.1 Å². The summed E-state index contributed by atoms with van der Waals surface area (Å²) in [6.45, 7) is 1.82. The van der Waals surface area contributed by atoms with Crippen LogP contribution in [0, 0.1) is 11.8 Å². The average molecular weight is 214 g/mol. The third kappa shape index (κ3) is 4.65. The Morgan fingerprint density at radius 2 is 1.93 bits per heavy atom. The Morgan fingerprint density at radius 1 is 1.33 bits per heavy atom. The van der Waals surface area contributed by atoms with Gasteiger partial charge in [-0.05, 0) is 18.3 Å². The van der Waals surface area contributed by atoms with Crippen LogP contribution in [0.4, 0.5) is 0 Å². The first-order valence-corrected chi connectivity index (χ1v) is 5.99. The van der Waals surface area contributed by atoms with Crippen molar-refractivity contribution in [2.24, 2.45) is 11.8 Å². The van der Waals surface area contributed by atoms with Crippen molar-refractivity contribution in [1.82, 2.24) is 0 Å². The Morgan fingerprint density at radius 3 is 2.47 bits per heavy atom. The molecule has 0 aromatic carbocycles. The van der Waals surface area contributed by atoms with Gasteiger partial charge in [-0.3, -0.25) is 4.79 Å². The van der Waals surface area contributed by atoms with E-state index in [2.05, 4.69) is 0 Å². The molecule has 0 heterocycles. The van der Waals surface area contributed by atoms with Gasteiger partial charge < -0.3 is 10.2 Å². The van der Waals surface area contributed by atoms with E-state index in [4.69, 9.17) is 5.11 Å². The number of aliphatic hydroxyl groups is 1. The van der Waals surface area contributed by atoms with Gasteiger partial charge in [0, 0.05) is 0 Å². The van der Waals surface area contributed by atoms with Crippen molar-refractivity contribution in [3.63, 3.8) is 0 Å². The number of carbonyl (C=O) groups is 1. The van der Waals surface area contributed by atoms with E-state index in [9.17, 15) is 9.90 Å². The Bertz CT molecular complexity index is 197. The summed E-state index contributed by atoms with van der Waals surface area (Å²) in [5.74, 6) is -0.320. The summed E-state index contributed by atoms with van der Waals surface area (Å²) in [5, 5.41) is 18.5. The number of hydrogen-bond acceptors (Lipinski definition) is 2. The van der Waals surface area contributed by atoms with E-state index in [0.29, 0.717) is 5.92 Å². The molecule has 3 heteroatoms. The fourth-order valence-electron chi connectivity index (χ4n) is 2.41. The molecule has 2 N–H and O–H groups in total. The summed E-state index contributed by atoms with van der Waals surface area (Å²) in [4.78, 5) is 10.5. The largest absolute Gasteiger partial charge is 0.481 e. The van der Waals surface area contributed by atoms with E-state index in [1.165, 1.54) is 32.1 Å². The molecule has 15 heavy (non-hydrogen) atoms. The van der Waals surface area contributed by atoms with Gasteiger partial charge >= 0.3 is 5.97 Å². The lowest BCUT2D eigenvalue weighted by molar-refractivity contribution is -0.139. The molecule has 0 spiro atoms.